The van der Waals surface area contributed by atoms with Gasteiger partial charge in [-0.1, -0.05) is 139 Å². The van der Waals surface area contributed by atoms with Crippen molar-refractivity contribution in [3.8, 4) is 56.5 Å². The van der Waals surface area contributed by atoms with Gasteiger partial charge in [-0.25, -0.2) is 15.0 Å². The van der Waals surface area contributed by atoms with Crippen LogP contribution >= 0.6 is 0 Å². The van der Waals surface area contributed by atoms with Gasteiger partial charge >= 0.3 is 0 Å². The van der Waals surface area contributed by atoms with Gasteiger partial charge in [0.25, 0.3) is 0 Å². The Bertz CT molecular complexity index is 2220. The average molecular weight is 681 g/mol. The first-order valence-electron chi connectivity index (χ1n) is 19.1. The zero-order valence-electron chi connectivity index (χ0n) is 31.4. The van der Waals surface area contributed by atoms with Crippen LogP contribution in [0.5, 0.6) is 0 Å². The largest absolute Gasteiger partial charge is 0.255 e. The molecule has 52 heavy (non-hydrogen) atoms. The van der Waals surface area contributed by atoms with Gasteiger partial charge in [0.2, 0.25) is 0 Å². The van der Waals surface area contributed by atoms with Crippen molar-refractivity contribution >= 4 is 0 Å². The summed E-state index contributed by atoms with van der Waals surface area (Å²) < 4.78 is 0. The lowest BCUT2D eigenvalue weighted by molar-refractivity contribution is 0.299. The minimum Gasteiger partial charge on any atom is -0.255 e. The van der Waals surface area contributed by atoms with E-state index in [0.717, 1.165) is 22.4 Å². The van der Waals surface area contributed by atoms with Crippen LogP contribution in [0.3, 0.4) is 0 Å². The molecule has 2 heterocycles. The van der Waals surface area contributed by atoms with E-state index in [1.807, 2.05) is 6.20 Å². The van der Waals surface area contributed by atoms with E-state index in [4.69, 9.17) is 19.9 Å². The highest BCUT2D eigenvalue weighted by Crippen LogP contribution is 2.69. The Morgan fingerprint density at radius 2 is 0.923 bits per heavy atom. The molecule has 6 aromatic rings. The molecule has 0 bridgehead atoms. The van der Waals surface area contributed by atoms with Crippen LogP contribution in [0.15, 0.2) is 109 Å². The summed E-state index contributed by atoms with van der Waals surface area (Å²) >= 11 is 0. The molecular formula is C48H48N4. The number of fused-ring (bicyclic) bond motifs is 3. The molecule has 2 saturated carbocycles. The SMILES string of the molecule is CC(C)(C)c1ccc(-c2nc(-c3ccc(C(C)(C)C)cc3)nc(-c3ccc(-c4ccc5c(c4)[C@]46CCC[C@]4(CCC6)c4ccccc4-5)nc3)n2)cc1. The van der Waals surface area contributed by atoms with Crippen LogP contribution in [0.4, 0.5) is 0 Å². The van der Waals surface area contributed by atoms with Gasteiger partial charge in [-0.05, 0) is 88.1 Å². The fourth-order valence-electron chi connectivity index (χ4n) is 9.81. The maximum absolute atomic E-state index is 5.07. The third kappa shape index (κ3) is 5.17. The molecule has 0 atom stereocenters. The summed E-state index contributed by atoms with van der Waals surface area (Å²) in [5.41, 5.74) is 14.2. The Labute approximate surface area is 308 Å². The van der Waals surface area contributed by atoms with Crippen molar-refractivity contribution in [1.29, 1.82) is 0 Å². The van der Waals surface area contributed by atoms with Gasteiger partial charge in [0.15, 0.2) is 17.5 Å². The van der Waals surface area contributed by atoms with Crippen molar-refractivity contribution in [2.45, 2.75) is 102 Å². The highest BCUT2D eigenvalue weighted by Gasteiger charge is 2.62. The molecule has 260 valence electrons. The van der Waals surface area contributed by atoms with E-state index in [1.54, 1.807) is 11.1 Å². The zero-order valence-corrected chi connectivity index (χ0v) is 31.4. The van der Waals surface area contributed by atoms with Crippen LogP contribution in [-0.2, 0) is 21.7 Å². The standard InChI is InChI=1S/C48H48N4/c1-45(2,3)35-19-13-31(14-20-35)42-50-43(32-15-21-36(22-16-32)46(4,5)6)52-44(51-42)34-18-24-41(49-30-34)33-17-23-38-37-11-7-8-12-39(37)47-25-9-27-48(47,28-10-26-47)40(38)29-33/h7-8,11-24,29-30H,9-10,25-28H2,1-6H3/t47-,48+. The summed E-state index contributed by atoms with van der Waals surface area (Å²) in [7, 11) is 0. The van der Waals surface area contributed by atoms with E-state index in [0.29, 0.717) is 17.5 Å². The van der Waals surface area contributed by atoms with Crippen LogP contribution < -0.4 is 0 Å². The van der Waals surface area contributed by atoms with E-state index >= 15 is 0 Å². The van der Waals surface area contributed by atoms with Crippen molar-refractivity contribution in [3.63, 3.8) is 0 Å². The molecule has 2 fully saturated rings. The van der Waals surface area contributed by atoms with Crippen LogP contribution in [0.1, 0.15) is 102 Å². The Morgan fingerprint density at radius 1 is 0.462 bits per heavy atom. The molecule has 0 saturated heterocycles. The molecule has 0 unspecified atom stereocenters. The number of hydrogen-bond acceptors (Lipinski definition) is 4. The van der Waals surface area contributed by atoms with Crippen molar-refractivity contribution in [1.82, 2.24) is 19.9 Å². The molecule has 0 radical (unpaired) electrons. The summed E-state index contributed by atoms with van der Waals surface area (Å²) in [6.45, 7) is 13.4. The summed E-state index contributed by atoms with van der Waals surface area (Å²) in [6, 6.07) is 37.9. The predicted octanol–water partition coefficient (Wildman–Crippen LogP) is 12.1. The maximum Gasteiger partial charge on any atom is 0.165 e. The molecule has 4 heteroatoms. The van der Waals surface area contributed by atoms with Crippen molar-refractivity contribution in [2.75, 3.05) is 0 Å². The first-order valence-corrected chi connectivity index (χ1v) is 19.1. The second-order valence-electron chi connectivity index (χ2n) is 17.6. The van der Waals surface area contributed by atoms with Crippen LogP contribution in [0, 0.1) is 0 Å². The fraction of sp³-hybridized carbons (Fsp3) is 0.333. The van der Waals surface area contributed by atoms with E-state index in [9.17, 15) is 0 Å². The number of rotatable bonds is 4. The van der Waals surface area contributed by atoms with Crippen LogP contribution in [0.25, 0.3) is 56.5 Å². The summed E-state index contributed by atoms with van der Waals surface area (Å²) in [5.74, 6) is 1.95. The monoisotopic (exact) mass is 680 g/mol. The molecule has 4 aromatic carbocycles. The first-order chi connectivity index (χ1) is 25.0. The smallest absolute Gasteiger partial charge is 0.165 e. The minimum absolute atomic E-state index is 0.0652. The molecule has 2 aromatic heterocycles. The minimum atomic E-state index is 0.0652. The lowest BCUT2D eigenvalue weighted by Gasteiger charge is -2.48. The second kappa shape index (κ2) is 11.8. The summed E-state index contributed by atoms with van der Waals surface area (Å²) in [6.07, 6.45) is 9.73. The van der Waals surface area contributed by atoms with E-state index in [1.165, 1.54) is 66.3 Å². The normalized spacial score (nSPS) is 20.6. The average Bonchev–Trinajstić information content (AvgIpc) is 3.73. The molecule has 9 rings (SSSR count). The molecule has 3 aliphatic carbocycles. The Balaban J connectivity index is 1.11. The van der Waals surface area contributed by atoms with Crippen molar-refractivity contribution in [3.05, 3.63) is 132 Å². The van der Waals surface area contributed by atoms with Crippen molar-refractivity contribution < 1.29 is 0 Å². The Kier molecular flexibility index (Phi) is 7.46. The first kappa shape index (κ1) is 32.9. The predicted molar refractivity (Wildman–Crippen MR) is 213 cm³/mol. The summed E-state index contributed by atoms with van der Waals surface area (Å²) in [4.78, 5) is 20.2. The zero-order chi connectivity index (χ0) is 35.9. The number of pyridine rings is 1. The molecule has 0 spiro atoms. The lowest BCUT2D eigenvalue weighted by atomic mass is 9.55. The molecule has 0 amide bonds. The van der Waals surface area contributed by atoms with E-state index in [-0.39, 0.29) is 21.7 Å². The van der Waals surface area contributed by atoms with Gasteiger partial charge in [0.1, 0.15) is 0 Å². The van der Waals surface area contributed by atoms with Crippen LogP contribution in [-0.4, -0.2) is 19.9 Å². The van der Waals surface area contributed by atoms with Gasteiger partial charge in [-0.2, -0.15) is 0 Å². The highest BCUT2D eigenvalue weighted by atomic mass is 15.0. The lowest BCUT2D eigenvalue weighted by Crippen LogP contribution is -2.43. The van der Waals surface area contributed by atoms with Gasteiger partial charge in [-0.3, -0.25) is 4.98 Å². The molecular weight excluding hydrogens is 633 g/mol. The third-order valence-electron chi connectivity index (χ3n) is 12.6. The van der Waals surface area contributed by atoms with Crippen molar-refractivity contribution in [2.24, 2.45) is 0 Å². The molecule has 4 nitrogen and oxygen atoms in total. The van der Waals surface area contributed by atoms with Crippen LogP contribution in [0.2, 0.25) is 0 Å². The Hall–Kier alpha value is -4.96. The number of benzene rings is 4. The van der Waals surface area contributed by atoms with E-state index < -0.39 is 0 Å². The fourth-order valence-corrected chi connectivity index (χ4v) is 9.81. The number of nitrogens with zero attached hydrogens (tertiary/aromatic N) is 4. The van der Waals surface area contributed by atoms with Gasteiger partial charge in [0, 0.05) is 39.3 Å². The maximum atomic E-state index is 5.07. The van der Waals surface area contributed by atoms with E-state index in [2.05, 4.69) is 145 Å². The molecule has 0 aliphatic heterocycles. The molecule has 3 aliphatic rings. The topological polar surface area (TPSA) is 51.6 Å². The quantitative estimate of drug-likeness (QED) is 0.186. The van der Waals surface area contributed by atoms with Gasteiger partial charge < -0.3 is 0 Å². The third-order valence-corrected chi connectivity index (χ3v) is 12.6. The number of aromatic nitrogens is 4. The molecule has 0 N–H and O–H groups in total. The highest BCUT2D eigenvalue weighted by molar-refractivity contribution is 5.81. The number of hydrogen-bond donors (Lipinski definition) is 0. The Morgan fingerprint density at radius 3 is 1.44 bits per heavy atom. The summed E-state index contributed by atoms with van der Waals surface area (Å²) in [5, 5.41) is 0. The van der Waals surface area contributed by atoms with Gasteiger partial charge in [0.05, 0.1) is 5.69 Å². The second-order valence-corrected chi connectivity index (χ2v) is 17.6. The van der Waals surface area contributed by atoms with Gasteiger partial charge in [-0.15, -0.1) is 0 Å².